The van der Waals surface area contributed by atoms with Gasteiger partial charge >= 0.3 is 0 Å². The number of piperazine rings is 1. The minimum absolute atomic E-state index is 0.0696. The largest absolute Gasteiger partial charge is 0.497 e. The van der Waals surface area contributed by atoms with E-state index in [4.69, 9.17) is 4.74 Å². The number of carbonyl (C=O) groups is 1. The molecule has 0 saturated carbocycles. The van der Waals surface area contributed by atoms with Gasteiger partial charge in [0.2, 0.25) is 0 Å². The summed E-state index contributed by atoms with van der Waals surface area (Å²) in [5.41, 5.74) is 3.70. The van der Waals surface area contributed by atoms with Crippen LogP contribution < -0.4 is 4.74 Å². The van der Waals surface area contributed by atoms with Crippen molar-refractivity contribution in [1.82, 2.24) is 14.8 Å². The van der Waals surface area contributed by atoms with Crippen molar-refractivity contribution in [3.63, 3.8) is 0 Å². The Morgan fingerprint density at radius 2 is 1.83 bits per heavy atom. The quantitative estimate of drug-likeness (QED) is 0.718. The number of benzene rings is 2. The molecule has 152 valence electrons. The number of aromatic amines is 1. The van der Waals surface area contributed by atoms with Gasteiger partial charge in [-0.3, -0.25) is 9.69 Å². The van der Waals surface area contributed by atoms with Gasteiger partial charge in [-0.05, 0) is 49.2 Å². The molecule has 1 aliphatic heterocycles. The molecule has 29 heavy (non-hydrogen) atoms. The number of hydrogen-bond acceptors (Lipinski definition) is 3. The Bertz CT molecular complexity index is 1000. The summed E-state index contributed by atoms with van der Waals surface area (Å²) in [6.45, 7) is 5.96. The fourth-order valence-electron chi connectivity index (χ4n) is 3.98. The van der Waals surface area contributed by atoms with Gasteiger partial charge in [-0.2, -0.15) is 0 Å². The number of halogens is 1. The second kappa shape index (κ2) is 8.25. The SMILES string of the molecule is COc1ccc2[nH]c(C)c(C(=O)N3CCN(CCc4ccc(F)cc4)CC3)c2c1. The van der Waals surface area contributed by atoms with Crippen molar-refractivity contribution in [1.29, 1.82) is 0 Å². The number of aryl methyl sites for hydroxylation is 1. The highest BCUT2D eigenvalue weighted by atomic mass is 19.1. The second-order valence-corrected chi connectivity index (χ2v) is 7.55. The molecule has 1 aromatic heterocycles. The van der Waals surface area contributed by atoms with Crippen LogP contribution in [0.1, 0.15) is 21.6 Å². The smallest absolute Gasteiger partial charge is 0.256 e. The maximum atomic E-state index is 13.2. The highest BCUT2D eigenvalue weighted by Crippen LogP contribution is 2.27. The van der Waals surface area contributed by atoms with E-state index in [0.29, 0.717) is 13.1 Å². The molecule has 1 fully saturated rings. The number of rotatable bonds is 5. The van der Waals surface area contributed by atoms with Crippen molar-refractivity contribution in [2.45, 2.75) is 13.3 Å². The average molecular weight is 395 g/mol. The summed E-state index contributed by atoms with van der Waals surface area (Å²) < 4.78 is 18.4. The number of amides is 1. The Morgan fingerprint density at radius 3 is 2.52 bits per heavy atom. The molecule has 1 N–H and O–H groups in total. The zero-order valence-electron chi connectivity index (χ0n) is 16.9. The van der Waals surface area contributed by atoms with Crippen molar-refractivity contribution < 1.29 is 13.9 Å². The van der Waals surface area contributed by atoms with Gasteiger partial charge < -0.3 is 14.6 Å². The number of ether oxygens (including phenoxy) is 1. The summed E-state index contributed by atoms with van der Waals surface area (Å²) in [6.07, 6.45) is 0.885. The molecular weight excluding hydrogens is 369 g/mol. The number of carbonyl (C=O) groups excluding carboxylic acids is 1. The van der Waals surface area contributed by atoms with Crippen LogP contribution in [0.5, 0.6) is 5.75 Å². The zero-order chi connectivity index (χ0) is 20.4. The lowest BCUT2D eigenvalue weighted by Gasteiger charge is -2.34. The van der Waals surface area contributed by atoms with Crippen molar-refractivity contribution in [3.05, 3.63) is 65.1 Å². The minimum Gasteiger partial charge on any atom is -0.497 e. The third kappa shape index (κ3) is 4.12. The topological polar surface area (TPSA) is 48.6 Å². The maximum Gasteiger partial charge on any atom is 0.256 e. The molecule has 0 bridgehead atoms. The summed E-state index contributed by atoms with van der Waals surface area (Å²) in [5.74, 6) is 0.613. The van der Waals surface area contributed by atoms with E-state index in [1.165, 1.54) is 12.1 Å². The molecule has 1 saturated heterocycles. The highest BCUT2D eigenvalue weighted by Gasteiger charge is 2.25. The fourth-order valence-corrected chi connectivity index (χ4v) is 3.98. The van der Waals surface area contributed by atoms with Crippen LogP contribution in [-0.4, -0.2) is 60.5 Å². The number of nitrogens with zero attached hydrogens (tertiary/aromatic N) is 2. The summed E-state index contributed by atoms with van der Waals surface area (Å²) in [5, 5.41) is 0.908. The van der Waals surface area contributed by atoms with E-state index in [-0.39, 0.29) is 11.7 Å². The monoisotopic (exact) mass is 395 g/mol. The van der Waals surface area contributed by atoms with Crippen molar-refractivity contribution >= 4 is 16.8 Å². The number of fused-ring (bicyclic) bond motifs is 1. The van der Waals surface area contributed by atoms with E-state index in [2.05, 4.69) is 9.88 Å². The molecule has 2 aromatic carbocycles. The zero-order valence-corrected chi connectivity index (χ0v) is 16.9. The van der Waals surface area contributed by atoms with E-state index in [0.717, 1.165) is 59.5 Å². The number of methoxy groups -OCH3 is 1. The van der Waals surface area contributed by atoms with Crippen LogP contribution in [0.4, 0.5) is 4.39 Å². The van der Waals surface area contributed by atoms with Gasteiger partial charge in [-0.25, -0.2) is 4.39 Å². The molecule has 4 rings (SSSR count). The van der Waals surface area contributed by atoms with Crippen molar-refractivity contribution in [3.8, 4) is 5.75 Å². The van der Waals surface area contributed by atoms with Gasteiger partial charge in [0.1, 0.15) is 11.6 Å². The standard InChI is InChI=1S/C23H26FN3O2/c1-16-22(20-15-19(29-2)7-8-21(20)25-16)23(28)27-13-11-26(12-14-27)10-9-17-3-5-18(24)6-4-17/h3-8,15,25H,9-14H2,1-2H3. The molecular formula is C23H26FN3O2. The Kier molecular flexibility index (Phi) is 5.53. The molecule has 0 atom stereocenters. The summed E-state index contributed by atoms with van der Waals surface area (Å²) >= 11 is 0. The van der Waals surface area contributed by atoms with E-state index in [9.17, 15) is 9.18 Å². The molecule has 0 aliphatic carbocycles. The van der Waals surface area contributed by atoms with Gasteiger partial charge in [0, 0.05) is 49.3 Å². The fraction of sp³-hybridized carbons (Fsp3) is 0.348. The first kappa shape index (κ1) is 19.5. The van der Waals surface area contributed by atoms with Crippen LogP contribution in [0.25, 0.3) is 10.9 Å². The molecule has 2 heterocycles. The first-order valence-corrected chi connectivity index (χ1v) is 9.97. The van der Waals surface area contributed by atoms with Crippen LogP contribution in [0, 0.1) is 12.7 Å². The van der Waals surface area contributed by atoms with Gasteiger partial charge in [0.05, 0.1) is 12.7 Å². The first-order chi connectivity index (χ1) is 14.0. The molecule has 0 unspecified atom stereocenters. The first-order valence-electron chi connectivity index (χ1n) is 9.97. The lowest BCUT2D eigenvalue weighted by molar-refractivity contribution is 0.0640. The highest BCUT2D eigenvalue weighted by molar-refractivity contribution is 6.08. The Morgan fingerprint density at radius 1 is 1.10 bits per heavy atom. The van der Waals surface area contributed by atoms with Gasteiger partial charge in [0.25, 0.3) is 5.91 Å². The molecule has 1 amide bonds. The van der Waals surface area contributed by atoms with Crippen molar-refractivity contribution in [2.75, 3.05) is 39.8 Å². The third-order valence-electron chi connectivity index (χ3n) is 5.70. The Labute approximate surface area is 170 Å². The van der Waals surface area contributed by atoms with Gasteiger partial charge in [-0.1, -0.05) is 12.1 Å². The predicted octanol–water partition coefficient (Wildman–Crippen LogP) is 3.62. The lowest BCUT2D eigenvalue weighted by atomic mass is 10.1. The summed E-state index contributed by atoms with van der Waals surface area (Å²) in [7, 11) is 1.63. The Balaban J connectivity index is 1.39. The molecule has 6 heteroatoms. The molecule has 5 nitrogen and oxygen atoms in total. The van der Waals surface area contributed by atoms with Gasteiger partial charge in [-0.15, -0.1) is 0 Å². The van der Waals surface area contributed by atoms with Crippen molar-refractivity contribution in [2.24, 2.45) is 0 Å². The Hall–Kier alpha value is -2.86. The average Bonchev–Trinajstić information content (AvgIpc) is 3.08. The summed E-state index contributed by atoms with van der Waals surface area (Å²) in [6, 6.07) is 12.4. The van der Waals surface area contributed by atoms with E-state index < -0.39 is 0 Å². The number of H-pyrrole nitrogens is 1. The predicted molar refractivity (Wildman–Crippen MR) is 112 cm³/mol. The lowest BCUT2D eigenvalue weighted by Crippen LogP contribution is -2.49. The van der Waals surface area contributed by atoms with Crippen LogP contribution in [-0.2, 0) is 6.42 Å². The maximum absolute atomic E-state index is 13.2. The van der Waals surface area contributed by atoms with E-state index in [1.54, 1.807) is 7.11 Å². The molecule has 0 spiro atoms. The van der Waals surface area contributed by atoms with Crippen LogP contribution in [0.15, 0.2) is 42.5 Å². The van der Waals surface area contributed by atoms with E-state index >= 15 is 0 Å². The number of hydrogen-bond donors (Lipinski definition) is 1. The normalized spacial score (nSPS) is 15.1. The number of nitrogens with one attached hydrogen (secondary N) is 1. The van der Waals surface area contributed by atoms with Crippen LogP contribution in [0.2, 0.25) is 0 Å². The van der Waals surface area contributed by atoms with Crippen LogP contribution >= 0.6 is 0 Å². The minimum atomic E-state index is -0.203. The van der Waals surface area contributed by atoms with Crippen LogP contribution in [0.3, 0.4) is 0 Å². The van der Waals surface area contributed by atoms with E-state index in [1.807, 2.05) is 42.2 Å². The summed E-state index contributed by atoms with van der Waals surface area (Å²) in [4.78, 5) is 20.8. The molecule has 1 aliphatic rings. The number of aromatic nitrogens is 1. The van der Waals surface area contributed by atoms with Gasteiger partial charge in [0.15, 0.2) is 0 Å². The molecule has 3 aromatic rings. The second-order valence-electron chi connectivity index (χ2n) is 7.55. The molecule has 0 radical (unpaired) electrons. The third-order valence-corrected chi connectivity index (χ3v) is 5.70.